The van der Waals surface area contributed by atoms with Crippen molar-refractivity contribution in [3.63, 3.8) is 0 Å². The molecular weight excluding hydrogens is 456 g/mol. The Hall–Kier alpha value is -0.930. The van der Waals surface area contributed by atoms with Crippen LogP contribution < -0.4 is 0 Å². The van der Waals surface area contributed by atoms with Crippen molar-refractivity contribution in [1.82, 2.24) is 0 Å². The third kappa shape index (κ3) is 8.05. The topological polar surface area (TPSA) is 196 Å². The molecule has 2 fully saturated rings. The Balaban J connectivity index is 1.83. The van der Waals surface area contributed by atoms with Gasteiger partial charge in [0.15, 0.2) is 6.29 Å². The molecule has 0 aromatic heterocycles. The number of aliphatic hydroxyl groups excluding tert-OH is 7. The Morgan fingerprint density at radius 2 is 1.24 bits per heavy atom. The second-order valence-electron chi connectivity index (χ2n) is 8.91. The van der Waals surface area contributed by atoms with Crippen LogP contribution in [0.25, 0.3) is 0 Å². The Bertz CT molecular complexity index is 590. The van der Waals surface area contributed by atoms with Crippen LogP contribution >= 0.6 is 0 Å². The lowest BCUT2D eigenvalue weighted by molar-refractivity contribution is -0.327. The van der Waals surface area contributed by atoms with E-state index in [0.29, 0.717) is 6.42 Å². The van der Waals surface area contributed by atoms with Crippen LogP contribution in [0.15, 0.2) is 0 Å². The average Bonchev–Trinajstić information content (AvgIpc) is 2.82. The summed E-state index contributed by atoms with van der Waals surface area (Å²) in [4.78, 5) is 12.2. The molecule has 0 radical (unpaired) electrons. The van der Waals surface area contributed by atoms with E-state index < -0.39 is 80.6 Å². The van der Waals surface area contributed by atoms with Crippen molar-refractivity contribution in [3.05, 3.63) is 0 Å². The SMILES string of the molecule is CCCCCCCCCC(=O)OC1OC(COC2OC(CO)C(O)C(O)C2O)C(O)C(O)C1O. The Morgan fingerprint density at radius 3 is 1.85 bits per heavy atom. The molecule has 0 amide bonds. The molecule has 12 heteroatoms. The van der Waals surface area contributed by atoms with Gasteiger partial charge in [-0.05, 0) is 6.42 Å². The second-order valence-corrected chi connectivity index (χ2v) is 8.91. The van der Waals surface area contributed by atoms with Crippen molar-refractivity contribution in [2.24, 2.45) is 0 Å². The molecule has 0 spiro atoms. The number of carbonyl (C=O) groups is 1. The largest absolute Gasteiger partial charge is 0.433 e. The minimum Gasteiger partial charge on any atom is -0.433 e. The fourth-order valence-electron chi connectivity index (χ4n) is 3.96. The quantitative estimate of drug-likeness (QED) is 0.113. The van der Waals surface area contributed by atoms with E-state index in [4.69, 9.17) is 18.9 Å². The molecule has 12 nitrogen and oxygen atoms in total. The van der Waals surface area contributed by atoms with Gasteiger partial charge in [-0.2, -0.15) is 0 Å². The summed E-state index contributed by atoms with van der Waals surface area (Å²) in [6.07, 6.45) is -8.14. The molecule has 200 valence electrons. The highest BCUT2D eigenvalue weighted by Crippen LogP contribution is 2.26. The van der Waals surface area contributed by atoms with Crippen LogP contribution in [0.2, 0.25) is 0 Å². The summed E-state index contributed by atoms with van der Waals surface area (Å²) in [5.74, 6) is -0.616. The van der Waals surface area contributed by atoms with Crippen molar-refractivity contribution in [1.29, 1.82) is 0 Å². The molecule has 0 bridgehead atoms. The van der Waals surface area contributed by atoms with Gasteiger partial charge in [0.2, 0.25) is 6.29 Å². The Morgan fingerprint density at radius 1 is 0.706 bits per heavy atom. The van der Waals surface area contributed by atoms with Gasteiger partial charge >= 0.3 is 5.97 Å². The van der Waals surface area contributed by atoms with E-state index >= 15 is 0 Å². The minimum absolute atomic E-state index is 0.116. The highest BCUT2D eigenvalue weighted by Gasteiger charge is 2.48. The van der Waals surface area contributed by atoms with E-state index in [1.807, 2.05) is 0 Å². The zero-order chi connectivity index (χ0) is 25.3. The van der Waals surface area contributed by atoms with Gasteiger partial charge in [0, 0.05) is 6.42 Å². The van der Waals surface area contributed by atoms with Crippen molar-refractivity contribution in [3.8, 4) is 0 Å². The second kappa shape index (κ2) is 14.6. The Kier molecular flexibility index (Phi) is 12.6. The molecule has 0 saturated carbocycles. The lowest BCUT2D eigenvalue weighted by Crippen LogP contribution is -2.61. The number of rotatable bonds is 13. The predicted octanol–water partition coefficient (Wildman–Crippen LogP) is -1.71. The molecule has 10 atom stereocenters. The van der Waals surface area contributed by atoms with Gasteiger partial charge in [-0.15, -0.1) is 0 Å². The predicted molar refractivity (Wildman–Crippen MR) is 115 cm³/mol. The van der Waals surface area contributed by atoms with Crippen molar-refractivity contribution < 1.29 is 59.5 Å². The number of esters is 1. The van der Waals surface area contributed by atoms with E-state index in [0.717, 1.165) is 32.1 Å². The summed E-state index contributed by atoms with van der Waals surface area (Å²) in [5.41, 5.74) is 0. The number of hydrogen-bond donors (Lipinski definition) is 7. The van der Waals surface area contributed by atoms with Crippen molar-refractivity contribution in [2.75, 3.05) is 13.2 Å². The van der Waals surface area contributed by atoms with Crippen LogP contribution in [0, 0.1) is 0 Å². The molecule has 2 heterocycles. The number of unbranched alkanes of at least 4 members (excludes halogenated alkanes) is 6. The number of aliphatic hydroxyl groups is 7. The van der Waals surface area contributed by atoms with E-state index in [-0.39, 0.29) is 6.42 Å². The van der Waals surface area contributed by atoms with E-state index in [9.17, 15) is 40.5 Å². The zero-order valence-electron chi connectivity index (χ0n) is 19.5. The maximum atomic E-state index is 12.2. The van der Waals surface area contributed by atoms with E-state index in [2.05, 4.69) is 6.92 Å². The standard InChI is InChI=1S/C22H40O12/c1-2-3-4-5-6-7-8-9-14(24)34-22-20(30)18(28)16(26)13(33-22)11-31-21-19(29)17(27)15(25)12(10-23)32-21/h12-13,15-23,25-30H,2-11H2,1H3. The lowest BCUT2D eigenvalue weighted by atomic mass is 9.98. The van der Waals surface area contributed by atoms with Crippen LogP contribution in [0.1, 0.15) is 58.3 Å². The first-order valence-electron chi connectivity index (χ1n) is 12.0. The van der Waals surface area contributed by atoms with E-state index in [1.165, 1.54) is 6.42 Å². The average molecular weight is 497 g/mol. The maximum absolute atomic E-state index is 12.2. The smallest absolute Gasteiger partial charge is 0.308 e. The molecule has 2 saturated heterocycles. The molecule has 10 unspecified atom stereocenters. The molecule has 7 N–H and O–H groups in total. The molecule has 0 aliphatic carbocycles. The normalized spacial score (nSPS) is 38.6. The third-order valence-electron chi connectivity index (χ3n) is 6.17. The minimum atomic E-state index is -1.70. The van der Waals surface area contributed by atoms with Gasteiger partial charge in [0.1, 0.15) is 48.8 Å². The maximum Gasteiger partial charge on any atom is 0.308 e. The molecule has 0 aromatic rings. The highest BCUT2D eigenvalue weighted by atomic mass is 16.7. The van der Waals surface area contributed by atoms with Gasteiger partial charge in [-0.25, -0.2) is 0 Å². The first kappa shape index (κ1) is 29.3. The van der Waals surface area contributed by atoms with Gasteiger partial charge in [0.05, 0.1) is 13.2 Å². The molecule has 2 aliphatic heterocycles. The highest BCUT2D eigenvalue weighted by molar-refractivity contribution is 5.69. The fourth-order valence-corrected chi connectivity index (χ4v) is 3.96. The van der Waals surface area contributed by atoms with Gasteiger partial charge in [-0.3, -0.25) is 4.79 Å². The van der Waals surface area contributed by atoms with Crippen molar-refractivity contribution >= 4 is 5.97 Å². The van der Waals surface area contributed by atoms with Gasteiger partial charge < -0.3 is 54.7 Å². The van der Waals surface area contributed by atoms with Crippen LogP contribution in [-0.2, 0) is 23.7 Å². The van der Waals surface area contributed by atoms with Crippen molar-refractivity contribution in [2.45, 2.75) is 120 Å². The zero-order valence-corrected chi connectivity index (χ0v) is 19.5. The monoisotopic (exact) mass is 496 g/mol. The van der Waals surface area contributed by atoms with Crippen LogP contribution in [0.4, 0.5) is 0 Å². The van der Waals surface area contributed by atoms with E-state index in [1.54, 1.807) is 0 Å². The van der Waals surface area contributed by atoms with Gasteiger partial charge in [0.25, 0.3) is 0 Å². The first-order valence-corrected chi connectivity index (χ1v) is 12.0. The fraction of sp³-hybridized carbons (Fsp3) is 0.955. The molecular formula is C22H40O12. The summed E-state index contributed by atoms with van der Waals surface area (Å²) in [5, 5.41) is 69.5. The van der Waals surface area contributed by atoms with Crippen LogP contribution in [0.3, 0.4) is 0 Å². The summed E-state index contributed by atoms with van der Waals surface area (Å²) in [6.45, 7) is 1.01. The van der Waals surface area contributed by atoms with Crippen LogP contribution in [0.5, 0.6) is 0 Å². The van der Waals surface area contributed by atoms with Crippen LogP contribution in [-0.4, -0.2) is 116 Å². The molecule has 0 aromatic carbocycles. The summed E-state index contributed by atoms with van der Waals surface area (Å²) >= 11 is 0. The number of ether oxygens (including phenoxy) is 4. The number of carbonyl (C=O) groups excluding carboxylic acids is 1. The number of hydrogen-bond acceptors (Lipinski definition) is 12. The summed E-state index contributed by atoms with van der Waals surface area (Å²) in [6, 6.07) is 0. The lowest BCUT2D eigenvalue weighted by Gasteiger charge is -2.42. The molecule has 2 rings (SSSR count). The molecule has 2 aliphatic rings. The molecule has 34 heavy (non-hydrogen) atoms. The third-order valence-corrected chi connectivity index (χ3v) is 6.17. The summed E-state index contributed by atoms with van der Waals surface area (Å²) in [7, 11) is 0. The van der Waals surface area contributed by atoms with Gasteiger partial charge in [-0.1, -0.05) is 45.4 Å². The first-order chi connectivity index (χ1) is 16.2. The summed E-state index contributed by atoms with van der Waals surface area (Å²) < 4.78 is 21.1. The Labute approximate surface area is 199 Å².